The van der Waals surface area contributed by atoms with Crippen molar-refractivity contribution in [1.29, 1.82) is 0 Å². The van der Waals surface area contributed by atoms with Gasteiger partial charge in [0.1, 0.15) is 23.8 Å². The largest absolute Gasteiger partial charge is 0.497 e. The summed E-state index contributed by atoms with van der Waals surface area (Å²) in [5, 5.41) is 6.23. The number of ether oxygens (including phenoxy) is 3. The van der Waals surface area contributed by atoms with Crippen LogP contribution in [0.25, 0.3) is 0 Å². The Labute approximate surface area is 200 Å². The highest BCUT2D eigenvalue weighted by Gasteiger charge is 2.36. The minimum Gasteiger partial charge on any atom is -0.497 e. The summed E-state index contributed by atoms with van der Waals surface area (Å²) in [6.45, 7) is -0.0154. The highest BCUT2D eigenvalue weighted by Crippen LogP contribution is 2.37. The number of rotatable bonds is 8. The van der Waals surface area contributed by atoms with E-state index in [0.29, 0.717) is 17.9 Å². The Kier molecular flexibility index (Phi) is 7.05. The molecule has 34 heavy (non-hydrogen) atoms. The molecule has 0 bridgehead atoms. The maximum atomic E-state index is 13.4. The van der Waals surface area contributed by atoms with Crippen LogP contribution < -0.4 is 14.2 Å². The molecule has 0 unspecified atom stereocenters. The standard InChI is InChI=1S/C26H31N3O5/c1-28(26(31)18-6-5-7-18)16-25(30)29-23(17-8-10-19(32-2)11-9-17)15-22(27-29)21-13-12-20(33-3)14-24(21)34-4/h8-14,18,23H,5-7,15-16H2,1-4H3/t23-/m0/s1. The Balaban J connectivity index is 1.63. The van der Waals surface area contributed by atoms with Crippen LogP contribution in [0.1, 0.15) is 42.9 Å². The molecule has 8 nitrogen and oxygen atoms in total. The average molecular weight is 466 g/mol. The monoisotopic (exact) mass is 465 g/mol. The first-order valence-corrected chi connectivity index (χ1v) is 11.5. The van der Waals surface area contributed by atoms with E-state index in [4.69, 9.17) is 19.3 Å². The summed E-state index contributed by atoms with van der Waals surface area (Å²) in [6.07, 6.45) is 3.38. The summed E-state index contributed by atoms with van der Waals surface area (Å²) in [5.41, 5.74) is 2.48. The van der Waals surface area contributed by atoms with E-state index in [-0.39, 0.29) is 30.3 Å². The molecule has 0 radical (unpaired) electrons. The van der Waals surface area contributed by atoms with Gasteiger partial charge in [-0.3, -0.25) is 9.59 Å². The minimum absolute atomic E-state index is 0.0154. The van der Waals surface area contributed by atoms with E-state index in [1.165, 1.54) is 9.91 Å². The fourth-order valence-corrected chi connectivity index (χ4v) is 4.35. The molecule has 1 saturated carbocycles. The van der Waals surface area contributed by atoms with E-state index < -0.39 is 0 Å². The van der Waals surface area contributed by atoms with Crippen LogP contribution in [0.4, 0.5) is 0 Å². The van der Waals surface area contributed by atoms with Crippen LogP contribution in [-0.2, 0) is 9.59 Å². The molecular formula is C26H31N3O5. The van der Waals surface area contributed by atoms with Gasteiger partial charge in [0.2, 0.25) is 5.91 Å². The summed E-state index contributed by atoms with van der Waals surface area (Å²) < 4.78 is 16.2. The maximum Gasteiger partial charge on any atom is 0.262 e. The number of methoxy groups -OCH3 is 3. The Morgan fingerprint density at radius 3 is 2.26 bits per heavy atom. The van der Waals surface area contributed by atoms with Gasteiger partial charge in [-0.1, -0.05) is 18.6 Å². The zero-order valence-corrected chi connectivity index (χ0v) is 20.1. The van der Waals surface area contributed by atoms with Gasteiger partial charge in [-0.05, 0) is 42.7 Å². The lowest BCUT2D eigenvalue weighted by atomic mass is 9.84. The number of hydrogen-bond donors (Lipinski definition) is 0. The van der Waals surface area contributed by atoms with Crippen LogP contribution in [0.15, 0.2) is 47.6 Å². The smallest absolute Gasteiger partial charge is 0.262 e. The molecule has 2 aromatic carbocycles. The van der Waals surface area contributed by atoms with E-state index in [1.807, 2.05) is 36.4 Å². The lowest BCUT2D eigenvalue weighted by Crippen LogP contribution is -2.42. The van der Waals surface area contributed by atoms with Crippen molar-refractivity contribution in [3.8, 4) is 17.2 Å². The van der Waals surface area contributed by atoms with Crippen LogP contribution in [0.5, 0.6) is 17.2 Å². The summed E-state index contributed by atoms with van der Waals surface area (Å²) in [7, 11) is 6.50. The van der Waals surface area contributed by atoms with Crippen molar-refractivity contribution in [2.24, 2.45) is 11.0 Å². The predicted octanol–water partition coefficient (Wildman–Crippen LogP) is 3.65. The molecule has 2 amide bonds. The lowest BCUT2D eigenvalue weighted by molar-refractivity contribution is -0.144. The zero-order chi connectivity index (χ0) is 24.2. The Morgan fingerprint density at radius 1 is 1.00 bits per heavy atom. The molecule has 1 aliphatic heterocycles. The van der Waals surface area contributed by atoms with Gasteiger partial charge in [-0.15, -0.1) is 0 Å². The van der Waals surface area contributed by atoms with Gasteiger partial charge in [-0.2, -0.15) is 5.10 Å². The van der Waals surface area contributed by atoms with E-state index in [1.54, 1.807) is 34.4 Å². The molecule has 0 aromatic heterocycles. The first kappa shape index (κ1) is 23.6. The number of hydrazone groups is 1. The summed E-state index contributed by atoms with van der Waals surface area (Å²) in [6, 6.07) is 12.9. The van der Waals surface area contributed by atoms with Crippen LogP contribution in [-0.4, -0.2) is 62.4 Å². The van der Waals surface area contributed by atoms with Gasteiger partial charge in [-0.25, -0.2) is 5.01 Å². The van der Waals surface area contributed by atoms with E-state index in [0.717, 1.165) is 41.9 Å². The SMILES string of the molecule is COc1ccc([C@@H]2CC(c3ccc(OC)cc3OC)=NN2C(=O)CN(C)C(=O)C2CCC2)cc1. The number of benzene rings is 2. The van der Waals surface area contributed by atoms with Gasteiger partial charge in [0, 0.05) is 31.0 Å². The molecule has 8 heteroatoms. The third-order valence-electron chi connectivity index (χ3n) is 6.59. The molecule has 0 saturated heterocycles. The number of likely N-dealkylation sites (N-methyl/N-ethyl adjacent to an activating group) is 1. The normalized spacial score (nSPS) is 17.6. The molecule has 180 valence electrons. The quantitative estimate of drug-likeness (QED) is 0.595. The van der Waals surface area contributed by atoms with E-state index >= 15 is 0 Å². The molecule has 4 rings (SSSR count). The second-order valence-electron chi connectivity index (χ2n) is 8.67. The second-order valence-corrected chi connectivity index (χ2v) is 8.67. The number of carbonyl (C=O) groups excluding carboxylic acids is 2. The number of amides is 2. The predicted molar refractivity (Wildman–Crippen MR) is 128 cm³/mol. The lowest BCUT2D eigenvalue weighted by Gasteiger charge is -2.30. The fraction of sp³-hybridized carbons (Fsp3) is 0.423. The Morgan fingerprint density at radius 2 is 1.68 bits per heavy atom. The van der Waals surface area contributed by atoms with Crippen molar-refractivity contribution in [3.05, 3.63) is 53.6 Å². The van der Waals surface area contributed by atoms with Crippen molar-refractivity contribution >= 4 is 17.5 Å². The van der Waals surface area contributed by atoms with Crippen molar-refractivity contribution < 1.29 is 23.8 Å². The molecule has 1 fully saturated rings. The van der Waals surface area contributed by atoms with Crippen molar-refractivity contribution in [2.45, 2.75) is 31.7 Å². The molecule has 1 atom stereocenters. The molecule has 2 aliphatic rings. The van der Waals surface area contributed by atoms with E-state index in [2.05, 4.69) is 0 Å². The summed E-state index contributed by atoms with van der Waals surface area (Å²) in [5.74, 6) is 1.88. The highest BCUT2D eigenvalue weighted by molar-refractivity contribution is 6.05. The van der Waals surface area contributed by atoms with Crippen molar-refractivity contribution in [3.63, 3.8) is 0 Å². The Bertz CT molecular complexity index is 1080. The van der Waals surface area contributed by atoms with Gasteiger partial charge >= 0.3 is 0 Å². The first-order valence-electron chi connectivity index (χ1n) is 11.5. The molecule has 0 N–H and O–H groups in total. The number of carbonyl (C=O) groups is 2. The first-order chi connectivity index (χ1) is 16.4. The summed E-state index contributed by atoms with van der Waals surface area (Å²) in [4.78, 5) is 27.5. The molecule has 2 aromatic rings. The minimum atomic E-state index is -0.299. The summed E-state index contributed by atoms with van der Waals surface area (Å²) >= 11 is 0. The van der Waals surface area contributed by atoms with Crippen LogP contribution >= 0.6 is 0 Å². The third kappa shape index (κ3) is 4.71. The van der Waals surface area contributed by atoms with E-state index in [9.17, 15) is 9.59 Å². The average Bonchev–Trinajstić information content (AvgIpc) is 3.27. The Hall–Kier alpha value is -3.55. The molecular weight excluding hydrogens is 434 g/mol. The van der Waals surface area contributed by atoms with Gasteiger partial charge in [0.05, 0.1) is 33.1 Å². The zero-order valence-electron chi connectivity index (χ0n) is 20.1. The molecule has 1 heterocycles. The highest BCUT2D eigenvalue weighted by atomic mass is 16.5. The van der Waals surface area contributed by atoms with Gasteiger partial charge in [0.15, 0.2) is 0 Å². The maximum absolute atomic E-state index is 13.4. The van der Waals surface area contributed by atoms with Crippen molar-refractivity contribution in [1.82, 2.24) is 9.91 Å². The molecule has 1 aliphatic carbocycles. The fourth-order valence-electron chi connectivity index (χ4n) is 4.35. The van der Waals surface area contributed by atoms with Crippen LogP contribution in [0, 0.1) is 5.92 Å². The number of hydrogen-bond acceptors (Lipinski definition) is 6. The molecule has 0 spiro atoms. The van der Waals surface area contributed by atoms with Crippen LogP contribution in [0.2, 0.25) is 0 Å². The second kappa shape index (κ2) is 10.2. The van der Waals surface area contributed by atoms with Gasteiger partial charge < -0.3 is 19.1 Å². The number of nitrogens with zero attached hydrogens (tertiary/aromatic N) is 3. The van der Waals surface area contributed by atoms with Crippen LogP contribution in [0.3, 0.4) is 0 Å². The van der Waals surface area contributed by atoms with Gasteiger partial charge in [0.25, 0.3) is 5.91 Å². The topological polar surface area (TPSA) is 80.7 Å². The third-order valence-corrected chi connectivity index (χ3v) is 6.59. The van der Waals surface area contributed by atoms with Crippen molar-refractivity contribution in [2.75, 3.05) is 34.9 Å².